The first kappa shape index (κ1) is 38.1. The summed E-state index contributed by atoms with van der Waals surface area (Å²) >= 11 is 0. The molecule has 8 N–H and O–H groups in total. The summed E-state index contributed by atoms with van der Waals surface area (Å²) in [6, 6.07) is 1.08. The summed E-state index contributed by atoms with van der Waals surface area (Å²) < 4.78 is 18.2. The SMILES string of the molecule is COc1ccc2c3c1O[C@H]1C(OC(=O)N(C)C[C@H](NC(=O)[C@H](CCCNC(=N)N)NC(C)=O)C(=O)N(C)CC(=O)O)=CC[C@@]4(O)[C@@H](C2)N(C)CC[C@]314. The Bertz CT molecular complexity index is 1670. The van der Waals surface area contributed by atoms with Crippen LogP contribution < -0.4 is 31.2 Å². The van der Waals surface area contributed by atoms with Crippen LogP contribution in [0.4, 0.5) is 4.79 Å². The monoisotopic (exact) mass is 728 g/mol. The molecule has 1 aromatic carbocycles. The van der Waals surface area contributed by atoms with E-state index < -0.39 is 72.1 Å². The van der Waals surface area contributed by atoms with Crippen LogP contribution >= 0.6 is 0 Å². The second-order valence-electron chi connectivity index (χ2n) is 13.9. The van der Waals surface area contributed by atoms with Crippen molar-refractivity contribution in [2.75, 3.05) is 54.4 Å². The maximum atomic E-state index is 13.8. The van der Waals surface area contributed by atoms with Crippen LogP contribution in [0.3, 0.4) is 0 Å². The van der Waals surface area contributed by atoms with E-state index in [0.29, 0.717) is 37.3 Å². The highest BCUT2D eigenvalue weighted by Gasteiger charge is 2.72. The Hall–Kier alpha value is -5.10. The van der Waals surface area contributed by atoms with Gasteiger partial charge in [0.1, 0.15) is 24.4 Å². The summed E-state index contributed by atoms with van der Waals surface area (Å²) in [5, 5.41) is 36.8. The Morgan fingerprint density at radius 3 is 2.56 bits per heavy atom. The number of hydrogen-bond donors (Lipinski definition) is 7. The second-order valence-corrected chi connectivity index (χ2v) is 13.9. The number of guanidine groups is 1. The van der Waals surface area contributed by atoms with Crippen molar-refractivity contribution in [3.05, 3.63) is 35.1 Å². The minimum atomic E-state index is -1.43. The van der Waals surface area contributed by atoms with E-state index in [-0.39, 0.29) is 37.1 Å². The predicted molar refractivity (Wildman–Crippen MR) is 185 cm³/mol. The first-order valence-electron chi connectivity index (χ1n) is 17.1. The number of amides is 4. The van der Waals surface area contributed by atoms with Crippen molar-refractivity contribution in [1.29, 1.82) is 5.41 Å². The van der Waals surface area contributed by atoms with E-state index in [0.717, 1.165) is 20.9 Å². The number of aliphatic hydroxyl groups is 1. The number of carboxylic acids is 1. The van der Waals surface area contributed by atoms with Crippen LogP contribution in [-0.4, -0.2) is 145 Å². The van der Waals surface area contributed by atoms with Gasteiger partial charge in [0.2, 0.25) is 17.7 Å². The molecule has 52 heavy (non-hydrogen) atoms. The van der Waals surface area contributed by atoms with Crippen LogP contribution in [0.25, 0.3) is 0 Å². The lowest BCUT2D eigenvalue weighted by Gasteiger charge is -2.61. The maximum Gasteiger partial charge on any atom is 0.414 e. The number of hydrogen-bond acceptors (Lipinski definition) is 11. The van der Waals surface area contributed by atoms with E-state index in [9.17, 15) is 34.2 Å². The van der Waals surface area contributed by atoms with Gasteiger partial charge in [0.15, 0.2) is 23.6 Å². The highest BCUT2D eigenvalue weighted by molar-refractivity contribution is 5.93. The van der Waals surface area contributed by atoms with Crippen molar-refractivity contribution in [1.82, 2.24) is 30.7 Å². The molecule has 0 aromatic heterocycles. The first-order chi connectivity index (χ1) is 24.5. The highest BCUT2D eigenvalue weighted by Crippen LogP contribution is 2.65. The number of carboxylic acid groups (broad SMARTS) is 1. The van der Waals surface area contributed by atoms with Crippen molar-refractivity contribution in [2.24, 2.45) is 5.73 Å². The Balaban J connectivity index is 1.37. The number of aliphatic carboxylic acids is 1. The van der Waals surface area contributed by atoms with Crippen LogP contribution in [-0.2, 0) is 35.8 Å². The van der Waals surface area contributed by atoms with Gasteiger partial charge in [-0.25, -0.2) is 4.79 Å². The van der Waals surface area contributed by atoms with Crippen molar-refractivity contribution in [2.45, 2.75) is 74.3 Å². The molecule has 1 fully saturated rings. The van der Waals surface area contributed by atoms with Crippen LogP contribution in [0.15, 0.2) is 24.0 Å². The molecule has 6 atom stereocenters. The molecular formula is C34H48N8O10. The number of ether oxygens (including phenoxy) is 3. The van der Waals surface area contributed by atoms with Gasteiger partial charge in [0, 0.05) is 45.6 Å². The number of nitrogens with zero attached hydrogens (tertiary/aromatic N) is 3. The van der Waals surface area contributed by atoms with E-state index in [1.807, 2.05) is 19.2 Å². The first-order valence-corrected chi connectivity index (χ1v) is 17.1. The number of benzene rings is 1. The number of nitrogens with two attached hydrogens (primary N) is 1. The molecule has 1 spiro atoms. The Morgan fingerprint density at radius 2 is 1.90 bits per heavy atom. The summed E-state index contributed by atoms with van der Waals surface area (Å²) in [6.07, 6.45) is 1.68. The van der Waals surface area contributed by atoms with E-state index >= 15 is 0 Å². The Kier molecular flexibility index (Phi) is 10.9. The summed E-state index contributed by atoms with van der Waals surface area (Å²) in [7, 11) is 6.13. The molecule has 18 nitrogen and oxygen atoms in total. The number of nitrogens with one attached hydrogen (secondary N) is 4. The number of likely N-dealkylation sites (N-methyl/N-ethyl adjacent to an activating group) is 3. The molecule has 1 saturated heterocycles. The number of likely N-dealkylation sites (tertiary alicyclic amines) is 1. The largest absolute Gasteiger partial charge is 0.493 e. The third-order valence-electron chi connectivity index (χ3n) is 10.6. The van der Waals surface area contributed by atoms with Gasteiger partial charge in [-0.05, 0) is 57.0 Å². The summed E-state index contributed by atoms with van der Waals surface area (Å²) in [5.74, 6) is -2.41. The number of rotatable bonds is 14. The Labute approximate surface area is 301 Å². The zero-order valence-corrected chi connectivity index (χ0v) is 30.0. The van der Waals surface area contributed by atoms with Gasteiger partial charge < -0.3 is 60.8 Å². The molecule has 4 amide bonds. The number of carbonyl (C=O) groups is 5. The van der Waals surface area contributed by atoms with E-state index in [1.54, 1.807) is 6.08 Å². The number of carbonyl (C=O) groups excluding carboxylic acids is 4. The summed E-state index contributed by atoms with van der Waals surface area (Å²) in [6.45, 7) is 1.04. The molecule has 4 aliphatic rings. The molecule has 2 heterocycles. The Morgan fingerprint density at radius 1 is 1.17 bits per heavy atom. The zero-order valence-electron chi connectivity index (χ0n) is 30.0. The third kappa shape index (κ3) is 6.91. The van der Waals surface area contributed by atoms with Crippen LogP contribution in [0.5, 0.6) is 11.5 Å². The zero-order chi connectivity index (χ0) is 38.1. The fourth-order valence-electron chi connectivity index (χ4n) is 8.16. The molecular weight excluding hydrogens is 680 g/mol. The van der Waals surface area contributed by atoms with Gasteiger partial charge in [0.05, 0.1) is 24.7 Å². The van der Waals surface area contributed by atoms with Gasteiger partial charge in [0.25, 0.3) is 0 Å². The molecule has 2 aliphatic heterocycles. The highest BCUT2D eigenvalue weighted by atomic mass is 16.6. The summed E-state index contributed by atoms with van der Waals surface area (Å²) in [4.78, 5) is 68.2. The van der Waals surface area contributed by atoms with E-state index in [4.69, 9.17) is 25.4 Å². The number of piperidine rings is 1. The molecule has 0 radical (unpaired) electrons. The van der Waals surface area contributed by atoms with Gasteiger partial charge in [-0.2, -0.15) is 0 Å². The van der Waals surface area contributed by atoms with Crippen molar-refractivity contribution in [3.8, 4) is 11.5 Å². The van der Waals surface area contributed by atoms with Gasteiger partial charge in [-0.3, -0.25) is 24.6 Å². The van der Waals surface area contributed by atoms with Crippen LogP contribution in [0.1, 0.15) is 43.7 Å². The molecule has 5 rings (SSSR count). The number of methoxy groups -OCH3 is 1. The van der Waals surface area contributed by atoms with E-state index in [2.05, 4.69) is 20.9 Å². The molecule has 2 bridgehead atoms. The lowest BCUT2D eigenvalue weighted by atomic mass is 9.50. The normalized spacial score (nSPS) is 24.8. The molecule has 2 aliphatic carbocycles. The lowest BCUT2D eigenvalue weighted by Crippen LogP contribution is -2.74. The van der Waals surface area contributed by atoms with Gasteiger partial charge in [-0.15, -0.1) is 0 Å². The molecule has 0 unspecified atom stereocenters. The predicted octanol–water partition coefficient (Wildman–Crippen LogP) is -1.16. The smallest absolute Gasteiger partial charge is 0.414 e. The average Bonchev–Trinajstić information content (AvgIpc) is 3.43. The van der Waals surface area contributed by atoms with Crippen molar-refractivity contribution >= 4 is 35.7 Å². The van der Waals surface area contributed by atoms with Crippen molar-refractivity contribution < 1.29 is 48.4 Å². The quantitative estimate of drug-likeness (QED) is 0.0679. The maximum absolute atomic E-state index is 13.8. The molecule has 18 heteroatoms. The van der Waals surface area contributed by atoms with Crippen LogP contribution in [0, 0.1) is 5.41 Å². The van der Waals surface area contributed by atoms with Crippen molar-refractivity contribution in [3.63, 3.8) is 0 Å². The molecule has 284 valence electrons. The molecule has 1 aromatic rings. The average molecular weight is 729 g/mol. The fraction of sp³-hybridized carbons (Fsp3) is 0.588. The minimum Gasteiger partial charge on any atom is -0.493 e. The minimum absolute atomic E-state index is 0.116. The van der Waals surface area contributed by atoms with Crippen LogP contribution in [0.2, 0.25) is 0 Å². The third-order valence-corrected chi connectivity index (χ3v) is 10.6. The standard InChI is InChI=1S/C34H48N8O10/c1-18(43)38-20(7-6-13-37-31(35)36)29(46)39-21(30(47)41(3)17-25(44)45)16-42(4)32(48)51-23-10-11-34(49)24-15-19-8-9-22(50-5)27-26(19)33(34,28(23)52-27)12-14-40(24)2/h8-10,20-21,24,28,49H,6-7,11-17H2,1-5H3,(H,38,43)(H,39,46)(H,44,45)(H4,35,36,37)/t20-,21-,24+,28-,33-,34+/m0/s1. The fourth-order valence-corrected chi connectivity index (χ4v) is 8.16. The van der Waals surface area contributed by atoms with E-state index in [1.165, 1.54) is 28.1 Å². The molecule has 0 saturated carbocycles. The summed E-state index contributed by atoms with van der Waals surface area (Å²) in [5.41, 5.74) is 5.06. The topological polar surface area (TPSA) is 249 Å². The van der Waals surface area contributed by atoms with Gasteiger partial charge >= 0.3 is 12.1 Å². The van der Waals surface area contributed by atoms with Gasteiger partial charge in [-0.1, -0.05) is 6.07 Å². The lowest BCUT2D eigenvalue weighted by molar-refractivity contribution is -0.163. The second kappa shape index (κ2) is 14.9.